The smallest absolute Gasteiger partial charge is 0.388 e. The van der Waals surface area contributed by atoms with E-state index in [9.17, 15) is 57.6 Å². The van der Waals surface area contributed by atoms with Gasteiger partial charge in [-0.3, -0.25) is 9.59 Å². The predicted octanol–water partition coefficient (Wildman–Crippen LogP) is 3.63. The van der Waals surface area contributed by atoms with E-state index in [4.69, 9.17) is 9.47 Å². The van der Waals surface area contributed by atoms with Crippen molar-refractivity contribution < 1.29 is 57.4 Å². The standard InChI is InChI=1S/C27H20F6N4O9S2/c1-36-23(38)21(17(11-34-36)15-7-5-13(26(28,29)30)9-19(15)47(3,41)42)45-25(40)46-22-18(12-35-37(2)24(22)39)16-8-6-14(27(31,32)33)10-20(16)48(4,43)44/h5-12H,1-4H3. The minimum absolute atomic E-state index is 0.292. The lowest BCUT2D eigenvalue weighted by molar-refractivity contribution is -0.138. The number of hydrogen-bond donors (Lipinski definition) is 0. The molecule has 4 aromatic rings. The number of nitrogens with zero attached hydrogens (tertiary/aromatic N) is 4. The Labute approximate surface area is 265 Å². The van der Waals surface area contributed by atoms with Gasteiger partial charge in [0, 0.05) is 37.7 Å². The fraction of sp³-hybridized carbons (Fsp3) is 0.222. The second-order valence-electron chi connectivity index (χ2n) is 10.0. The maximum absolute atomic E-state index is 13.4. The number of aromatic nitrogens is 4. The molecule has 2 heterocycles. The highest BCUT2D eigenvalue weighted by atomic mass is 32.2. The number of halogens is 6. The summed E-state index contributed by atoms with van der Waals surface area (Å²) in [5, 5.41) is 7.39. The van der Waals surface area contributed by atoms with E-state index in [0.717, 1.165) is 26.5 Å². The molecule has 2 aromatic carbocycles. The van der Waals surface area contributed by atoms with Crippen LogP contribution in [0, 0.1) is 0 Å². The SMILES string of the molecule is Cn1ncc(-c2ccc(C(F)(F)F)cc2S(C)(=O)=O)c(OC(=O)Oc2c(-c3ccc(C(F)(F)F)cc3S(C)(=O)=O)cnn(C)c2=O)c1=O. The fourth-order valence-corrected chi connectivity index (χ4v) is 6.10. The van der Waals surface area contributed by atoms with Gasteiger partial charge in [0.15, 0.2) is 19.7 Å². The molecule has 0 aliphatic carbocycles. The molecule has 2 aromatic heterocycles. The number of rotatable bonds is 6. The summed E-state index contributed by atoms with van der Waals surface area (Å²) in [4.78, 5) is 37.3. The Bertz CT molecular complexity index is 2150. The zero-order valence-electron chi connectivity index (χ0n) is 24.7. The van der Waals surface area contributed by atoms with Gasteiger partial charge >= 0.3 is 29.6 Å². The minimum Gasteiger partial charge on any atom is -0.388 e. The van der Waals surface area contributed by atoms with Crippen molar-refractivity contribution >= 4 is 25.8 Å². The molecule has 0 fully saturated rings. The van der Waals surface area contributed by atoms with E-state index in [1.54, 1.807) is 0 Å². The Kier molecular flexibility index (Phi) is 9.09. The summed E-state index contributed by atoms with van der Waals surface area (Å²) in [5.74, 6) is -2.03. The molecule has 256 valence electrons. The number of carbonyl (C=O) groups excluding carboxylic acids is 1. The van der Waals surface area contributed by atoms with Crippen LogP contribution in [0.25, 0.3) is 22.3 Å². The van der Waals surface area contributed by atoms with Gasteiger partial charge in [0.1, 0.15) is 0 Å². The predicted molar refractivity (Wildman–Crippen MR) is 153 cm³/mol. The highest BCUT2D eigenvalue weighted by molar-refractivity contribution is 7.91. The molecular formula is C27H20F6N4O9S2. The van der Waals surface area contributed by atoms with Crippen LogP contribution in [0.15, 0.2) is 68.2 Å². The highest BCUT2D eigenvalue weighted by Gasteiger charge is 2.35. The normalized spacial score (nSPS) is 12.5. The molecule has 0 saturated carbocycles. The van der Waals surface area contributed by atoms with Crippen LogP contribution in [0.2, 0.25) is 0 Å². The first-order chi connectivity index (χ1) is 21.9. The molecule has 21 heteroatoms. The third kappa shape index (κ3) is 7.25. The van der Waals surface area contributed by atoms with Gasteiger partial charge < -0.3 is 9.47 Å². The third-order valence-corrected chi connectivity index (χ3v) is 8.83. The average Bonchev–Trinajstić information content (AvgIpc) is 2.96. The van der Waals surface area contributed by atoms with Crippen LogP contribution in [0.5, 0.6) is 11.5 Å². The van der Waals surface area contributed by atoms with E-state index in [2.05, 4.69) is 10.2 Å². The number of alkyl halides is 6. The number of aryl methyl sites for hydroxylation is 2. The first kappa shape index (κ1) is 35.8. The molecular weight excluding hydrogens is 702 g/mol. The second kappa shape index (κ2) is 12.2. The van der Waals surface area contributed by atoms with Gasteiger partial charge in [0.25, 0.3) is 0 Å². The van der Waals surface area contributed by atoms with Crippen LogP contribution >= 0.6 is 0 Å². The largest absolute Gasteiger partial charge is 0.519 e. The zero-order valence-corrected chi connectivity index (χ0v) is 26.3. The minimum atomic E-state index is -4.97. The Morgan fingerprint density at radius 2 is 0.979 bits per heavy atom. The lowest BCUT2D eigenvalue weighted by Gasteiger charge is -2.16. The van der Waals surface area contributed by atoms with Crippen molar-refractivity contribution in [2.75, 3.05) is 12.5 Å². The molecule has 0 amide bonds. The lowest BCUT2D eigenvalue weighted by atomic mass is 10.0. The molecule has 0 unspecified atom stereocenters. The summed E-state index contributed by atoms with van der Waals surface area (Å²) in [5.41, 5.74) is -7.43. The van der Waals surface area contributed by atoms with E-state index in [-0.39, 0.29) is 0 Å². The molecule has 4 rings (SSSR count). The van der Waals surface area contributed by atoms with Crippen molar-refractivity contribution in [3.63, 3.8) is 0 Å². The fourth-order valence-electron chi connectivity index (χ4n) is 4.26. The van der Waals surface area contributed by atoms with Crippen LogP contribution in [0.1, 0.15) is 11.1 Å². The van der Waals surface area contributed by atoms with Crippen LogP contribution in [0.3, 0.4) is 0 Å². The van der Waals surface area contributed by atoms with Gasteiger partial charge in [-0.15, -0.1) is 0 Å². The molecule has 0 bridgehead atoms. The van der Waals surface area contributed by atoms with Gasteiger partial charge in [0.2, 0.25) is 11.5 Å². The molecule has 0 aliphatic heterocycles. The summed E-state index contributed by atoms with van der Waals surface area (Å²) in [6, 6.07) is 2.98. The molecule has 0 atom stereocenters. The van der Waals surface area contributed by atoms with Crippen molar-refractivity contribution in [3.05, 3.63) is 80.6 Å². The van der Waals surface area contributed by atoms with Gasteiger partial charge in [-0.25, -0.2) is 31.0 Å². The Balaban J connectivity index is 1.87. The van der Waals surface area contributed by atoms with E-state index in [1.165, 1.54) is 0 Å². The van der Waals surface area contributed by atoms with Gasteiger partial charge in [-0.1, -0.05) is 12.1 Å². The van der Waals surface area contributed by atoms with Crippen molar-refractivity contribution in [2.24, 2.45) is 14.1 Å². The molecule has 48 heavy (non-hydrogen) atoms. The number of ether oxygens (including phenoxy) is 2. The topological polar surface area (TPSA) is 174 Å². The van der Waals surface area contributed by atoms with Gasteiger partial charge in [0.05, 0.1) is 44.4 Å². The van der Waals surface area contributed by atoms with E-state index >= 15 is 0 Å². The molecule has 0 N–H and O–H groups in total. The molecule has 0 radical (unpaired) electrons. The monoisotopic (exact) mass is 722 g/mol. The summed E-state index contributed by atoms with van der Waals surface area (Å²) >= 11 is 0. The van der Waals surface area contributed by atoms with Crippen LogP contribution in [0.4, 0.5) is 31.1 Å². The lowest BCUT2D eigenvalue weighted by Crippen LogP contribution is -2.29. The van der Waals surface area contributed by atoms with E-state index in [1.807, 2.05) is 0 Å². The first-order valence-electron chi connectivity index (χ1n) is 12.8. The van der Waals surface area contributed by atoms with Gasteiger partial charge in [-0.05, 0) is 24.3 Å². The van der Waals surface area contributed by atoms with Crippen molar-refractivity contribution in [1.82, 2.24) is 19.6 Å². The van der Waals surface area contributed by atoms with E-state index < -0.39 is 104 Å². The number of hydrogen-bond acceptors (Lipinski definition) is 11. The average molecular weight is 723 g/mol. The van der Waals surface area contributed by atoms with Crippen LogP contribution < -0.4 is 20.6 Å². The van der Waals surface area contributed by atoms with Crippen LogP contribution in [-0.2, 0) is 46.1 Å². The Hall–Kier alpha value is -5.05. The molecule has 0 aliphatic rings. The summed E-state index contributed by atoms with van der Waals surface area (Å²) < 4.78 is 142. The summed E-state index contributed by atoms with van der Waals surface area (Å²) in [6.07, 6.45) is -9.04. The van der Waals surface area contributed by atoms with Crippen molar-refractivity contribution in [3.8, 4) is 33.8 Å². The summed E-state index contributed by atoms with van der Waals surface area (Å²) in [7, 11) is -6.73. The summed E-state index contributed by atoms with van der Waals surface area (Å²) in [6.45, 7) is 0. The first-order valence-corrected chi connectivity index (χ1v) is 16.5. The second-order valence-corrected chi connectivity index (χ2v) is 14.0. The number of carbonyl (C=O) groups is 1. The van der Waals surface area contributed by atoms with Gasteiger partial charge in [-0.2, -0.15) is 36.5 Å². The quantitative estimate of drug-likeness (QED) is 0.210. The van der Waals surface area contributed by atoms with Crippen molar-refractivity contribution in [2.45, 2.75) is 22.1 Å². The molecule has 13 nitrogen and oxygen atoms in total. The Morgan fingerprint density at radius 1 is 0.646 bits per heavy atom. The highest BCUT2D eigenvalue weighted by Crippen LogP contribution is 2.39. The van der Waals surface area contributed by atoms with Crippen LogP contribution in [-0.4, -0.2) is 55.1 Å². The van der Waals surface area contributed by atoms with E-state index in [0.29, 0.717) is 58.3 Å². The molecule has 0 saturated heterocycles. The van der Waals surface area contributed by atoms with Crippen molar-refractivity contribution in [1.29, 1.82) is 0 Å². The molecule has 0 spiro atoms. The maximum Gasteiger partial charge on any atom is 0.519 e. The Morgan fingerprint density at radius 3 is 1.27 bits per heavy atom. The zero-order chi connectivity index (χ0) is 36.1. The number of sulfone groups is 2. The third-order valence-electron chi connectivity index (χ3n) is 6.55. The maximum atomic E-state index is 13.4. The number of benzene rings is 2.